The fourth-order valence-corrected chi connectivity index (χ4v) is 7.22. The Bertz CT molecular complexity index is 2630. The summed E-state index contributed by atoms with van der Waals surface area (Å²) in [5, 5.41) is 4.99. The molecule has 0 aliphatic rings. The predicted octanol–water partition coefficient (Wildman–Crippen LogP) is 8.93. The molecule has 10 aromatic rings. The van der Waals surface area contributed by atoms with Crippen LogP contribution in [0.2, 0.25) is 0 Å². The number of halogens is 2. The van der Waals surface area contributed by atoms with Crippen molar-refractivity contribution in [3.05, 3.63) is 205 Å². The van der Waals surface area contributed by atoms with Gasteiger partial charge in [-0.3, -0.25) is 0 Å². The van der Waals surface area contributed by atoms with Crippen molar-refractivity contribution < 1.29 is 59.9 Å². The van der Waals surface area contributed by atoms with Gasteiger partial charge in [-0.2, -0.15) is 0 Å². The van der Waals surface area contributed by atoms with Crippen molar-refractivity contribution in [2.45, 2.75) is 13.8 Å². The van der Waals surface area contributed by atoms with Crippen molar-refractivity contribution in [3.8, 4) is 67.5 Å². The summed E-state index contributed by atoms with van der Waals surface area (Å²) in [6.45, 7) is 4.23. The Morgan fingerprint density at radius 2 is 0.719 bits per heavy atom. The van der Waals surface area contributed by atoms with Crippen molar-refractivity contribution in [2.24, 2.45) is 0 Å². The summed E-state index contributed by atoms with van der Waals surface area (Å²) in [7, 11) is 0. The third kappa shape index (κ3) is 8.78. The van der Waals surface area contributed by atoms with Gasteiger partial charge in [-0.25, -0.2) is 0 Å². The van der Waals surface area contributed by atoms with E-state index in [-0.39, 0.29) is 51.0 Å². The second kappa shape index (κ2) is 18.2. The van der Waals surface area contributed by atoms with Crippen LogP contribution < -0.4 is 24.8 Å². The third-order valence-electron chi connectivity index (χ3n) is 10.1. The maximum absolute atomic E-state index is 6.15. The normalized spacial score (nSPS) is 10.6. The van der Waals surface area contributed by atoms with Gasteiger partial charge in [0.25, 0.3) is 0 Å². The third-order valence-corrected chi connectivity index (χ3v) is 10.1. The molecule has 0 unspecified atom stereocenters. The molecular weight excluding hydrogens is 819 g/mol. The van der Waals surface area contributed by atoms with Gasteiger partial charge >= 0.3 is 26.2 Å². The molecule has 5 heteroatoms. The summed E-state index contributed by atoms with van der Waals surface area (Å²) in [5.74, 6) is 3.60. The van der Waals surface area contributed by atoms with E-state index in [0.717, 1.165) is 45.3 Å². The first-order valence-electron chi connectivity index (χ1n) is 18.4. The van der Waals surface area contributed by atoms with Crippen LogP contribution in [-0.2, 0) is 26.2 Å². The second-order valence-electron chi connectivity index (χ2n) is 13.9. The van der Waals surface area contributed by atoms with Gasteiger partial charge in [-0.1, -0.05) is 167 Å². The van der Waals surface area contributed by atoms with Crippen molar-refractivity contribution in [3.63, 3.8) is 0 Å². The predicted molar refractivity (Wildman–Crippen MR) is 226 cm³/mol. The first kappa shape index (κ1) is 41.2. The van der Waals surface area contributed by atoms with E-state index in [1.54, 1.807) is 0 Å². The number of fused-ring (bicyclic) bond motifs is 2. The van der Waals surface area contributed by atoms with Gasteiger partial charge in [-0.05, 0) is 49.2 Å². The Kier molecular flexibility index (Phi) is 13.2. The minimum Gasteiger partial charge on any atom is -1.00 e. The number of rotatable bonds is 6. The van der Waals surface area contributed by atoms with Gasteiger partial charge in [0.15, 0.2) is 0 Å². The summed E-state index contributed by atoms with van der Waals surface area (Å²) in [4.78, 5) is 0. The average Bonchev–Trinajstić information content (AvgIpc) is 4.05. The van der Waals surface area contributed by atoms with Crippen molar-refractivity contribution in [1.29, 1.82) is 0 Å². The molecule has 2 nitrogen and oxygen atoms in total. The minimum atomic E-state index is 0. The number of aryl methyl sites for hydroxylation is 2. The van der Waals surface area contributed by atoms with Crippen molar-refractivity contribution in [1.82, 2.24) is 0 Å². The Morgan fingerprint density at radius 3 is 1.11 bits per heavy atom. The fourth-order valence-electron chi connectivity index (χ4n) is 7.22. The molecule has 0 atom stereocenters. The van der Waals surface area contributed by atoms with Crippen LogP contribution in [-0.4, -0.2) is 0 Å². The van der Waals surface area contributed by atoms with Crippen molar-refractivity contribution >= 4 is 21.5 Å². The standard InChI is InChI=1S/2C26H19O.2ClH.Zr/c2*1-18-10-12-19(13-11-18)23-9-5-8-21-16-22(17-24(21)23)26-15-14-25(27-26)20-6-3-2-4-7-20;;;/h2*2-17H,1H3;2*1H;/q2*-1;;;+4/p-2. The van der Waals surface area contributed by atoms with E-state index in [1.807, 2.05) is 48.5 Å². The van der Waals surface area contributed by atoms with E-state index >= 15 is 0 Å². The average molecular weight is 857 g/mol. The molecule has 0 aliphatic heterocycles. The van der Waals surface area contributed by atoms with Gasteiger partial charge in [0.1, 0.15) is 11.5 Å². The van der Waals surface area contributed by atoms with Gasteiger partial charge in [0, 0.05) is 11.1 Å². The maximum Gasteiger partial charge on any atom is 4.00 e. The minimum absolute atomic E-state index is 0. The van der Waals surface area contributed by atoms with E-state index < -0.39 is 0 Å². The van der Waals surface area contributed by atoms with Gasteiger partial charge in [0.05, 0.1) is 11.5 Å². The van der Waals surface area contributed by atoms with Crippen LogP contribution in [0.4, 0.5) is 0 Å². The monoisotopic (exact) mass is 854 g/mol. The summed E-state index contributed by atoms with van der Waals surface area (Å²) >= 11 is 0. The Morgan fingerprint density at radius 1 is 0.351 bits per heavy atom. The van der Waals surface area contributed by atoms with Gasteiger partial charge in [0.2, 0.25) is 0 Å². The summed E-state index contributed by atoms with van der Waals surface area (Å²) in [5.41, 5.74) is 12.0. The van der Waals surface area contributed by atoms with E-state index in [9.17, 15) is 0 Å². The molecular formula is C52H38Cl2O2Zr. The van der Waals surface area contributed by atoms with Crippen LogP contribution in [0.1, 0.15) is 11.1 Å². The van der Waals surface area contributed by atoms with Crippen LogP contribution in [0, 0.1) is 13.8 Å². The van der Waals surface area contributed by atoms with E-state index in [2.05, 4.69) is 159 Å². The van der Waals surface area contributed by atoms with Crippen LogP contribution in [0.3, 0.4) is 0 Å². The molecule has 0 saturated heterocycles. The molecule has 0 amide bonds. The first-order chi connectivity index (χ1) is 26.6. The second-order valence-corrected chi connectivity index (χ2v) is 13.9. The molecule has 2 heterocycles. The molecule has 0 spiro atoms. The zero-order chi connectivity index (χ0) is 36.4. The molecule has 0 N–H and O–H groups in total. The molecule has 0 fully saturated rings. The Balaban J connectivity index is 0.000000183. The molecule has 10 rings (SSSR count). The van der Waals surface area contributed by atoms with E-state index in [1.165, 1.54) is 54.9 Å². The summed E-state index contributed by atoms with van der Waals surface area (Å²) < 4.78 is 12.3. The van der Waals surface area contributed by atoms with Crippen LogP contribution in [0.25, 0.3) is 89.1 Å². The quantitative estimate of drug-likeness (QED) is 0.156. The number of furan rings is 2. The zero-order valence-corrected chi connectivity index (χ0v) is 35.5. The largest absolute Gasteiger partial charge is 4.00 e. The van der Waals surface area contributed by atoms with Crippen LogP contribution >= 0.6 is 0 Å². The molecule has 57 heavy (non-hydrogen) atoms. The first-order valence-corrected chi connectivity index (χ1v) is 18.4. The summed E-state index contributed by atoms with van der Waals surface area (Å²) in [6.07, 6.45) is 0. The topological polar surface area (TPSA) is 26.3 Å². The van der Waals surface area contributed by atoms with Gasteiger partial charge < -0.3 is 33.6 Å². The number of benzene rings is 6. The molecule has 2 aromatic heterocycles. The van der Waals surface area contributed by atoms with Gasteiger partial charge in [-0.15, -0.1) is 57.9 Å². The zero-order valence-electron chi connectivity index (χ0n) is 31.5. The van der Waals surface area contributed by atoms with Crippen LogP contribution in [0.15, 0.2) is 203 Å². The van der Waals surface area contributed by atoms with Crippen LogP contribution in [0.5, 0.6) is 0 Å². The Hall–Kier alpha value is -5.44. The molecule has 276 valence electrons. The van der Waals surface area contributed by atoms with E-state index in [4.69, 9.17) is 8.83 Å². The maximum atomic E-state index is 6.15. The SMILES string of the molecule is Cc1ccc(-c2cccc3[cH-]c(-c4ccc(-c5ccccc5)o4)cc23)cc1.Cc1ccc(-c2cccc3[cH-]c(-c4ccc(-c5ccccc5)o4)cc23)cc1.[Cl-].[Cl-].[Zr+4]. The molecule has 0 radical (unpaired) electrons. The van der Waals surface area contributed by atoms with Crippen molar-refractivity contribution in [2.75, 3.05) is 0 Å². The Labute approximate surface area is 365 Å². The number of hydrogen-bond donors (Lipinski definition) is 0. The molecule has 8 aromatic carbocycles. The molecule has 0 aliphatic carbocycles. The summed E-state index contributed by atoms with van der Waals surface area (Å²) in [6, 6.07) is 67.9. The van der Waals surface area contributed by atoms with E-state index in [0.29, 0.717) is 0 Å². The fraction of sp³-hybridized carbons (Fsp3) is 0.0385. The number of hydrogen-bond acceptors (Lipinski definition) is 2. The smallest absolute Gasteiger partial charge is 1.00 e. The molecule has 0 saturated carbocycles. The molecule has 0 bridgehead atoms.